The first-order chi connectivity index (χ1) is 17.7. The molecule has 2 aliphatic heterocycles. The zero-order valence-corrected chi connectivity index (χ0v) is 23.7. The molecule has 4 heterocycles. The predicted molar refractivity (Wildman–Crippen MR) is 144 cm³/mol. The Bertz CT molecular complexity index is 1220. The summed E-state index contributed by atoms with van der Waals surface area (Å²) in [5.74, 6) is 0.970. The summed E-state index contributed by atoms with van der Waals surface area (Å²) < 4.78 is 43.2. The SMILES string of the molecule is CN/C=C(\C)SN1C(=O)c2ccc(-n3ccc(CCC(C)(C)C(F)(F)F)n3)nc2N2C1C(NC)CC2(C)C. The van der Waals surface area contributed by atoms with Crippen molar-refractivity contribution in [1.29, 1.82) is 0 Å². The van der Waals surface area contributed by atoms with E-state index in [4.69, 9.17) is 4.98 Å². The number of aromatic nitrogens is 3. The van der Waals surface area contributed by atoms with Gasteiger partial charge < -0.3 is 15.5 Å². The quantitative estimate of drug-likeness (QED) is 0.453. The number of anilines is 1. The summed E-state index contributed by atoms with van der Waals surface area (Å²) in [5, 5.41) is 10.9. The van der Waals surface area contributed by atoms with Crippen molar-refractivity contribution in [3.8, 4) is 5.82 Å². The lowest BCUT2D eigenvalue weighted by molar-refractivity contribution is -0.213. The van der Waals surface area contributed by atoms with Crippen LogP contribution < -0.4 is 15.5 Å². The van der Waals surface area contributed by atoms with Crippen molar-refractivity contribution in [3.05, 3.63) is 46.8 Å². The van der Waals surface area contributed by atoms with E-state index < -0.39 is 11.6 Å². The first-order valence-electron chi connectivity index (χ1n) is 12.6. The number of rotatable bonds is 8. The number of nitrogens with one attached hydrogen (secondary N) is 2. The van der Waals surface area contributed by atoms with Gasteiger partial charge >= 0.3 is 6.18 Å². The van der Waals surface area contributed by atoms with Gasteiger partial charge in [-0.2, -0.15) is 18.3 Å². The van der Waals surface area contributed by atoms with E-state index in [0.717, 1.165) is 11.3 Å². The van der Waals surface area contributed by atoms with Crippen LogP contribution in [0.4, 0.5) is 19.0 Å². The molecular weight excluding hydrogens is 515 g/mol. The number of carbonyl (C=O) groups is 1. The van der Waals surface area contributed by atoms with Gasteiger partial charge in [0.25, 0.3) is 5.91 Å². The summed E-state index contributed by atoms with van der Waals surface area (Å²) in [6.45, 7) is 8.64. The van der Waals surface area contributed by atoms with Crippen LogP contribution in [0.25, 0.3) is 5.82 Å². The highest BCUT2D eigenvalue weighted by atomic mass is 32.2. The zero-order chi connectivity index (χ0) is 28.0. The van der Waals surface area contributed by atoms with E-state index in [1.807, 2.05) is 31.5 Å². The van der Waals surface area contributed by atoms with Gasteiger partial charge in [-0.15, -0.1) is 0 Å². The molecular formula is C26H36F3N7OS. The third-order valence-electron chi connectivity index (χ3n) is 7.37. The van der Waals surface area contributed by atoms with Crippen molar-refractivity contribution >= 4 is 23.7 Å². The van der Waals surface area contributed by atoms with Crippen LogP contribution >= 0.6 is 11.9 Å². The van der Waals surface area contributed by atoms with Crippen molar-refractivity contribution in [2.45, 2.75) is 77.8 Å². The first-order valence-corrected chi connectivity index (χ1v) is 13.4. The summed E-state index contributed by atoms with van der Waals surface area (Å²) in [6.07, 6.45) is -0.0470. The third-order valence-corrected chi connectivity index (χ3v) is 8.35. The fourth-order valence-electron chi connectivity index (χ4n) is 5.05. The molecule has 0 aliphatic carbocycles. The number of likely N-dealkylation sites (N-methyl/N-ethyl adjacent to an activating group) is 1. The maximum Gasteiger partial charge on any atom is 0.393 e. The molecule has 1 amide bonds. The van der Waals surface area contributed by atoms with Crippen LogP contribution in [0, 0.1) is 5.41 Å². The Morgan fingerprint density at radius 1 is 1.24 bits per heavy atom. The minimum Gasteiger partial charge on any atom is -0.393 e. The van der Waals surface area contributed by atoms with Gasteiger partial charge in [-0.1, -0.05) is 13.8 Å². The number of carbonyl (C=O) groups excluding carboxylic acids is 1. The molecule has 0 radical (unpaired) electrons. The number of aryl methyl sites for hydroxylation is 1. The number of hydrogen-bond donors (Lipinski definition) is 2. The standard InChI is InChI=1S/C26H36F3N7OS/c1-16(15-30-6)38-36-22-19(31-7)14-25(4,5)35(22)21-18(23(36)37)8-9-20(32-21)34-13-11-17(33-34)10-12-24(2,3)26(27,28)29/h8-9,11,13,15,19,22,30-31H,10,12,14H2,1-7H3/b16-15+. The highest BCUT2D eigenvalue weighted by Crippen LogP contribution is 2.47. The fourth-order valence-corrected chi connectivity index (χ4v) is 6.06. The normalized spacial score (nSPS) is 21.5. The Balaban J connectivity index is 1.68. The molecule has 0 saturated carbocycles. The molecule has 2 aromatic rings. The number of allylic oxidation sites excluding steroid dienone is 1. The molecule has 12 heteroatoms. The average molecular weight is 552 g/mol. The van der Waals surface area contributed by atoms with Crippen LogP contribution in [0.5, 0.6) is 0 Å². The monoisotopic (exact) mass is 551 g/mol. The molecule has 0 bridgehead atoms. The number of nitrogens with zero attached hydrogens (tertiary/aromatic N) is 5. The largest absolute Gasteiger partial charge is 0.393 e. The number of alkyl halides is 3. The summed E-state index contributed by atoms with van der Waals surface area (Å²) in [7, 11) is 3.72. The molecule has 38 heavy (non-hydrogen) atoms. The van der Waals surface area contributed by atoms with Crippen molar-refractivity contribution < 1.29 is 18.0 Å². The molecule has 2 unspecified atom stereocenters. The molecule has 0 aromatic carbocycles. The van der Waals surface area contributed by atoms with Gasteiger partial charge in [-0.25, -0.2) is 9.67 Å². The molecule has 1 fully saturated rings. The maximum atomic E-state index is 13.7. The van der Waals surface area contributed by atoms with Crippen LogP contribution in [0.15, 0.2) is 35.5 Å². The summed E-state index contributed by atoms with van der Waals surface area (Å²) >= 11 is 1.40. The lowest BCUT2D eigenvalue weighted by Gasteiger charge is -2.46. The van der Waals surface area contributed by atoms with Crippen LogP contribution in [0.3, 0.4) is 0 Å². The maximum absolute atomic E-state index is 13.7. The Hall–Kier alpha value is -2.73. The Kier molecular flexibility index (Phi) is 7.52. The molecule has 2 N–H and O–H groups in total. The smallest absolute Gasteiger partial charge is 0.393 e. The number of pyridine rings is 1. The summed E-state index contributed by atoms with van der Waals surface area (Å²) in [5.41, 5.74) is -1.04. The second-order valence-electron chi connectivity index (χ2n) is 11.1. The van der Waals surface area contributed by atoms with Gasteiger partial charge in [0.2, 0.25) is 0 Å². The number of fused-ring (bicyclic) bond motifs is 3. The lowest BCUT2D eigenvalue weighted by Crippen LogP contribution is -2.58. The van der Waals surface area contributed by atoms with Crippen molar-refractivity contribution in [2.24, 2.45) is 5.41 Å². The van der Waals surface area contributed by atoms with Gasteiger partial charge in [0, 0.05) is 35.9 Å². The first kappa shape index (κ1) is 28.3. The third kappa shape index (κ3) is 5.12. The Labute approximate surface area is 226 Å². The topological polar surface area (TPSA) is 78.3 Å². The molecule has 208 valence electrons. The summed E-state index contributed by atoms with van der Waals surface area (Å²) in [4.78, 5) is 21.8. The van der Waals surface area contributed by atoms with Crippen molar-refractivity contribution in [3.63, 3.8) is 0 Å². The van der Waals surface area contributed by atoms with E-state index in [0.29, 0.717) is 22.9 Å². The van der Waals surface area contributed by atoms with Crippen molar-refractivity contribution in [2.75, 3.05) is 19.0 Å². The number of amides is 1. The second-order valence-corrected chi connectivity index (χ2v) is 12.4. The molecule has 2 aliphatic rings. The van der Waals surface area contributed by atoms with E-state index in [1.165, 1.54) is 25.8 Å². The van der Waals surface area contributed by atoms with Crippen LogP contribution in [-0.4, -0.2) is 63.0 Å². The van der Waals surface area contributed by atoms with Gasteiger partial charge in [0.05, 0.1) is 16.7 Å². The van der Waals surface area contributed by atoms with Crippen molar-refractivity contribution in [1.82, 2.24) is 29.7 Å². The average Bonchev–Trinajstić information content (AvgIpc) is 3.41. The number of hydrogen-bond acceptors (Lipinski definition) is 7. The lowest BCUT2D eigenvalue weighted by atomic mass is 9.86. The molecule has 0 spiro atoms. The zero-order valence-electron chi connectivity index (χ0n) is 22.8. The van der Waals surface area contributed by atoms with Crippen LogP contribution in [-0.2, 0) is 6.42 Å². The molecule has 4 rings (SSSR count). The predicted octanol–water partition coefficient (Wildman–Crippen LogP) is 4.88. The van der Waals surface area contributed by atoms with E-state index in [2.05, 4.69) is 34.5 Å². The van der Waals surface area contributed by atoms with Crippen LogP contribution in [0.1, 0.15) is 63.5 Å². The second kappa shape index (κ2) is 10.1. The van der Waals surface area contributed by atoms with E-state index >= 15 is 0 Å². The van der Waals surface area contributed by atoms with Gasteiger partial charge in [-0.3, -0.25) is 9.10 Å². The van der Waals surface area contributed by atoms with E-state index in [-0.39, 0.29) is 36.5 Å². The van der Waals surface area contributed by atoms with Crippen LogP contribution in [0.2, 0.25) is 0 Å². The highest BCUT2D eigenvalue weighted by molar-refractivity contribution is 8.01. The van der Waals surface area contributed by atoms with Gasteiger partial charge in [0.15, 0.2) is 5.82 Å². The Morgan fingerprint density at radius 3 is 2.58 bits per heavy atom. The minimum absolute atomic E-state index is 0.0238. The molecule has 2 atom stereocenters. The van der Waals surface area contributed by atoms with E-state index in [1.54, 1.807) is 29.1 Å². The van der Waals surface area contributed by atoms with E-state index in [9.17, 15) is 18.0 Å². The molecule has 2 aromatic heterocycles. The molecule has 8 nitrogen and oxygen atoms in total. The summed E-state index contributed by atoms with van der Waals surface area (Å²) in [6, 6.07) is 5.23. The van der Waals surface area contributed by atoms with Gasteiger partial charge in [-0.05, 0) is 77.2 Å². The fraction of sp³-hybridized carbons (Fsp3) is 0.577. The number of halogens is 3. The van der Waals surface area contributed by atoms with Gasteiger partial charge in [0.1, 0.15) is 12.0 Å². The minimum atomic E-state index is -4.28. The Morgan fingerprint density at radius 2 is 1.95 bits per heavy atom. The molecule has 1 saturated heterocycles. The highest BCUT2D eigenvalue weighted by Gasteiger charge is 2.54.